The number of ketones is 1. The van der Waals surface area contributed by atoms with Crippen molar-refractivity contribution in [3.05, 3.63) is 69.3 Å². The zero-order chi connectivity index (χ0) is 15.6. The minimum Gasteiger partial charge on any atom is -0.378 e. The molecule has 0 bridgehead atoms. The quantitative estimate of drug-likeness (QED) is 0.491. The molecule has 5 nitrogen and oxygen atoms in total. The Morgan fingerprint density at radius 2 is 1.62 bits per heavy atom. The Kier molecular flexibility index (Phi) is 4.03. The van der Waals surface area contributed by atoms with Gasteiger partial charge in [0.1, 0.15) is 0 Å². The smallest absolute Gasteiger partial charge is 0.272 e. The Hall–Kier alpha value is -2.69. The molecule has 0 aliphatic rings. The Balaban J connectivity index is 2.31. The zero-order valence-corrected chi connectivity index (χ0v) is 12.2. The third-order valence-corrected chi connectivity index (χ3v) is 3.30. The molecule has 5 heteroatoms. The maximum Gasteiger partial charge on any atom is 0.272 e. The van der Waals surface area contributed by atoms with E-state index in [2.05, 4.69) is 0 Å². The predicted octanol–water partition coefficient (Wildman–Crippen LogP) is 3.20. The van der Waals surface area contributed by atoms with Crippen molar-refractivity contribution in [1.82, 2.24) is 0 Å². The highest BCUT2D eigenvalue weighted by molar-refractivity contribution is 6.09. The second kappa shape index (κ2) is 5.75. The Bertz CT molecular complexity index is 691. The molecule has 0 fully saturated rings. The standard InChI is InChI=1S/C16H16N2O3/c1-11-10-13(6-9-15(11)18(20)21)16(19)12-4-7-14(8-5-12)17(2)3/h4-10H,1-3H3. The van der Waals surface area contributed by atoms with Crippen molar-refractivity contribution in [3.8, 4) is 0 Å². The van der Waals surface area contributed by atoms with E-state index in [0.29, 0.717) is 16.7 Å². The van der Waals surface area contributed by atoms with Crippen molar-refractivity contribution in [1.29, 1.82) is 0 Å². The average Bonchev–Trinajstić information content (AvgIpc) is 2.46. The van der Waals surface area contributed by atoms with Crippen LogP contribution in [0.5, 0.6) is 0 Å². The molecule has 0 aliphatic heterocycles. The lowest BCUT2D eigenvalue weighted by Gasteiger charge is -2.12. The van der Waals surface area contributed by atoms with Crippen molar-refractivity contribution < 1.29 is 9.72 Å². The van der Waals surface area contributed by atoms with E-state index in [0.717, 1.165) is 5.69 Å². The number of carbonyl (C=O) groups excluding carboxylic acids is 1. The third-order valence-electron chi connectivity index (χ3n) is 3.30. The van der Waals surface area contributed by atoms with E-state index >= 15 is 0 Å². The second-order valence-electron chi connectivity index (χ2n) is 5.03. The van der Waals surface area contributed by atoms with E-state index in [1.807, 2.05) is 31.1 Å². The van der Waals surface area contributed by atoms with Gasteiger partial charge >= 0.3 is 0 Å². The number of carbonyl (C=O) groups is 1. The van der Waals surface area contributed by atoms with Crippen molar-refractivity contribution in [3.63, 3.8) is 0 Å². The maximum atomic E-state index is 12.4. The summed E-state index contributed by atoms with van der Waals surface area (Å²) in [4.78, 5) is 24.7. The summed E-state index contributed by atoms with van der Waals surface area (Å²) in [5.74, 6) is -0.140. The Morgan fingerprint density at radius 1 is 1.05 bits per heavy atom. The lowest BCUT2D eigenvalue weighted by molar-refractivity contribution is -0.385. The van der Waals surface area contributed by atoms with Crippen LogP contribution in [-0.2, 0) is 0 Å². The van der Waals surface area contributed by atoms with Crippen molar-refractivity contribution in [2.75, 3.05) is 19.0 Å². The fourth-order valence-corrected chi connectivity index (χ4v) is 2.08. The first-order valence-corrected chi connectivity index (χ1v) is 6.47. The summed E-state index contributed by atoms with van der Waals surface area (Å²) in [7, 11) is 3.85. The summed E-state index contributed by atoms with van der Waals surface area (Å²) in [5, 5.41) is 10.8. The van der Waals surface area contributed by atoms with Crippen LogP contribution < -0.4 is 4.90 Å². The average molecular weight is 284 g/mol. The fourth-order valence-electron chi connectivity index (χ4n) is 2.08. The van der Waals surface area contributed by atoms with Gasteiger partial charge < -0.3 is 4.90 Å². The minimum absolute atomic E-state index is 0.0227. The molecular formula is C16H16N2O3. The Morgan fingerprint density at radius 3 is 2.10 bits per heavy atom. The van der Waals surface area contributed by atoms with Gasteiger partial charge in [-0.15, -0.1) is 0 Å². The van der Waals surface area contributed by atoms with Gasteiger partial charge in [-0.2, -0.15) is 0 Å². The van der Waals surface area contributed by atoms with Crippen LogP contribution in [0.15, 0.2) is 42.5 Å². The SMILES string of the molecule is Cc1cc(C(=O)c2ccc(N(C)C)cc2)ccc1[N+](=O)[O-]. The van der Waals surface area contributed by atoms with Gasteiger partial charge in [0.25, 0.3) is 5.69 Å². The number of benzene rings is 2. The number of hydrogen-bond donors (Lipinski definition) is 0. The molecular weight excluding hydrogens is 268 g/mol. The Labute approximate surface area is 123 Å². The van der Waals surface area contributed by atoms with Gasteiger partial charge in [-0.05, 0) is 43.3 Å². The van der Waals surface area contributed by atoms with E-state index < -0.39 is 4.92 Å². The van der Waals surface area contributed by atoms with Crippen LogP contribution in [0, 0.1) is 17.0 Å². The van der Waals surface area contributed by atoms with Gasteiger partial charge in [0, 0.05) is 42.5 Å². The lowest BCUT2D eigenvalue weighted by atomic mass is 10.0. The van der Waals surface area contributed by atoms with Crippen LogP contribution in [0.2, 0.25) is 0 Å². The molecule has 21 heavy (non-hydrogen) atoms. The molecule has 0 unspecified atom stereocenters. The normalized spacial score (nSPS) is 10.2. The summed E-state index contributed by atoms with van der Waals surface area (Å²) < 4.78 is 0. The molecule has 0 N–H and O–H groups in total. The number of aryl methyl sites for hydroxylation is 1. The molecule has 2 aromatic carbocycles. The molecule has 108 valence electrons. The summed E-state index contributed by atoms with van der Waals surface area (Å²) in [5.41, 5.74) is 2.53. The molecule has 0 spiro atoms. The first-order valence-electron chi connectivity index (χ1n) is 6.47. The summed E-state index contributed by atoms with van der Waals surface area (Å²) >= 11 is 0. The molecule has 0 atom stereocenters. The molecule has 0 heterocycles. The molecule has 0 radical (unpaired) electrons. The van der Waals surface area contributed by atoms with E-state index in [1.54, 1.807) is 25.1 Å². The first-order chi connectivity index (χ1) is 9.90. The largest absolute Gasteiger partial charge is 0.378 e. The number of nitrogens with zero attached hydrogens (tertiary/aromatic N) is 2. The number of nitro benzene ring substituents is 1. The predicted molar refractivity (Wildman–Crippen MR) is 82.0 cm³/mol. The van der Waals surface area contributed by atoms with Crippen molar-refractivity contribution >= 4 is 17.2 Å². The summed E-state index contributed by atoms with van der Waals surface area (Å²) in [6, 6.07) is 11.7. The number of nitro groups is 1. The molecule has 0 saturated heterocycles. The topological polar surface area (TPSA) is 63.5 Å². The molecule has 0 amide bonds. The van der Waals surface area contributed by atoms with Gasteiger partial charge in [-0.1, -0.05) is 0 Å². The summed E-state index contributed by atoms with van der Waals surface area (Å²) in [6.45, 7) is 1.63. The summed E-state index contributed by atoms with van der Waals surface area (Å²) in [6.07, 6.45) is 0. The van der Waals surface area contributed by atoms with Crippen molar-refractivity contribution in [2.24, 2.45) is 0 Å². The number of rotatable bonds is 4. The van der Waals surface area contributed by atoms with Crippen LogP contribution in [0.4, 0.5) is 11.4 Å². The van der Waals surface area contributed by atoms with Crippen LogP contribution in [0.25, 0.3) is 0 Å². The highest BCUT2D eigenvalue weighted by Crippen LogP contribution is 2.21. The second-order valence-corrected chi connectivity index (χ2v) is 5.03. The van der Waals surface area contributed by atoms with E-state index in [4.69, 9.17) is 0 Å². The molecule has 0 aromatic heterocycles. The van der Waals surface area contributed by atoms with Gasteiger partial charge in [0.2, 0.25) is 0 Å². The van der Waals surface area contributed by atoms with Crippen molar-refractivity contribution in [2.45, 2.75) is 6.92 Å². The highest BCUT2D eigenvalue weighted by atomic mass is 16.6. The first kappa shape index (κ1) is 14.7. The van der Waals surface area contributed by atoms with Gasteiger partial charge in [-0.25, -0.2) is 0 Å². The number of hydrogen-bond acceptors (Lipinski definition) is 4. The van der Waals surface area contributed by atoms with E-state index in [1.165, 1.54) is 12.1 Å². The van der Waals surface area contributed by atoms with Crippen LogP contribution in [0.1, 0.15) is 21.5 Å². The molecule has 0 aliphatic carbocycles. The van der Waals surface area contributed by atoms with E-state index in [-0.39, 0.29) is 11.5 Å². The van der Waals surface area contributed by atoms with E-state index in [9.17, 15) is 14.9 Å². The van der Waals surface area contributed by atoms with Crippen LogP contribution in [0.3, 0.4) is 0 Å². The highest BCUT2D eigenvalue weighted by Gasteiger charge is 2.15. The van der Waals surface area contributed by atoms with Crippen LogP contribution in [-0.4, -0.2) is 24.8 Å². The van der Waals surface area contributed by atoms with Gasteiger partial charge in [0.05, 0.1) is 4.92 Å². The van der Waals surface area contributed by atoms with Crippen LogP contribution >= 0.6 is 0 Å². The zero-order valence-electron chi connectivity index (χ0n) is 12.2. The molecule has 2 aromatic rings. The maximum absolute atomic E-state index is 12.4. The third kappa shape index (κ3) is 3.08. The van der Waals surface area contributed by atoms with Gasteiger partial charge in [-0.3, -0.25) is 14.9 Å². The lowest BCUT2D eigenvalue weighted by Crippen LogP contribution is -2.09. The fraction of sp³-hybridized carbons (Fsp3) is 0.188. The minimum atomic E-state index is -0.449. The number of anilines is 1. The molecule has 2 rings (SSSR count). The molecule has 0 saturated carbocycles. The monoisotopic (exact) mass is 284 g/mol. The van der Waals surface area contributed by atoms with Gasteiger partial charge in [0.15, 0.2) is 5.78 Å².